The van der Waals surface area contributed by atoms with E-state index in [4.69, 9.17) is 4.52 Å². The van der Waals surface area contributed by atoms with Crippen molar-refractivity contribution in [3.63, 3.8) is 0 Å². The minimum atomic E-state index is -0.352. The maximum absolute atomic E-state index is 13.2. The Hall–Kier alpha value is -3.40. The van der Waals surface area contributed by atoms with Gasteiger partial charge in [0.1, 0.15) is 17.2 Å². The van der Waals surface area contributed by atoms with Crippen molar-refractivity contribution in [2.75, 3.05) is 13.1 Å². The number of rotatable bonds is 6. The lowest BCUT2D eigenvalue weighted by Gasteiger charge is -2.18. The van der Waals surface area contributed by atoms with Gasteiger partial charge >= 0.3 is 0 Å². The van der Waals surface area contributed by atoms with Crippen LogP contribution in [0.5, 0.6) is 0 Å². The molecule has 0 saturated heterocycles. The van der Waals surface area contributed by atoms with Crippen LogP contribution in [-0.4, -0.2) is 43.6 Å². The molecule has 10 heteroatoms. The normalized spacial score (nSPS) is 11.2. The van der Waals surface area contributed by atoms with Crippen molar-refractivity contribution < 1.29 is 13.7 Å². The van der Waals surface area contributed by atoms with Crippen LogP contribution in [-0.2, 0) is 11.3 Å². The fourth-order valence-electron chi connectivity index (χ4n) is 3.33. The van der Waals surface area contributed by atoms with Crippen LogP contribution in [0.15, 0.2) is 39.9 Å². The molecule has 0 aliphatic rings. The van der Waals surface area contributed by atoms with E-state index in [2.05, 4.69) is 15.1 Å². The van der Waals surface area contributed by atoms with Crippen LogP contribution < -0.4 is 5.56 Å². The number of halogens is 1. The number of nitrogens with zero attached hydrogens (tertiary/aromatic N) is 5. The Morgan fingerprint density at radius 2 is 1.94 bits per heavy atom. The third-order valence-corrected chi connectivity index (χ3v) is 6.25. The second-order valence-corrected chi connectivity index (χ2v) is 7.91. The summed E-state index contributed by atoms with van der Waals surface area (Å²) in [6.07, 6.45) is 1.39. The molecule has 0 bridgehead atoms. The zero-order valence-corrected chi connectivity index (χ0v) is 18.1. The number of amides is 1. The lowest BCUT2D eigenvalue weighted by Crippen LogP contribution is -2.36. The first-order chi connectivity index (χ1) is 14.9. The third-order valence-electron chi connectivity index (χ3n) is 5.06. The Bertz CT molecular complexity index is 1310. The van der Waals surface area contributed by atoms with Gasteiger partial charge in [-0.1, -0.05) is 5.16 Å². The number of aromatic nitrogens is 4. The number of benzene rings is 1. The molecule has 0 aliphatic carbocycles. The molecule has 0 fully saturated rings. The highest BCUT2D eigenvalue weighted by atomic mass is 32.1. The van der Waals surface area contributed by atoms with Gasteiger partial charge in [-0.05, 0) is 50.6 Å². The minimum Gasteiger partial charge on any atom is -0.342 e. The van der Waals surface area contributed by atoms with E-state index in [0.717, 1.165) is 0 Å². The number of carbonyl (C=O) groups is 1. The van der Waals surface area contributed by atoms with Gasteiger partial charge in [-0.25, -0.2) is 9.37 Å². The summed E-state index contributed by atoms with van der Waals surface area (Å²) in [5.41, 5.74) is 0.991. The first-order valence-corrected chi connectivity index (χ1v) is 10.6. The average Bonchev–Trinajstić information content (AvgIpc) is 3.37. The van der Waals surface area contributed by atoms with E-state index in [1.54, 1.807) is 24.0 Å². The van der Waals surface area contributed by atoms with Crippen molar-refractivity contribution >= 4 is 27.5 Å². The first kappa shape index (κ1) is 20.9. The molecule has 0 N–H and O–H groups in total. The molecule has 4 aromatic rings. The monoisotopic (exact) mass is 441 g/mol. The predicted molar refractivity (Wildman–Crippen MR) is 115 cm³/mol. The van der Waals surface area contributed by atoms with Gasteiger partial charge < -0.3 is 9.42 Å². The number of fused-ring (bicyclic) bond motifs is 1. The van der Waals surface area contributed by atoms with Crippen molar-refractivity contribution in [3.05, 3.63) is 52.3 Å². The summed E-state index contributed by atoms with van der Waals surface area (Å²) in [6.45, 7) is 6.67. The zero-order valence-electron chi connectivity index (χ0n) is 17.3. The fraction of sp³-hybridized carbons (Fsp3) is 0.286. The lowest BCUT2D eigenvalue weighted by molar-refractivity contribution is -0.131. The maximum Gasteiger partial charge on any atom is 0.268 e. The summed E-state index contributed by atoms with van der Waals surface area (Å²) in [4.78, 5) is 37.1. The Morgan fingerprint density at radius 3 is 2.61 bits per heavy atom. The second kappa shape index (κ2) is 8.38. The highest BCUT2D eigenvalue weighted by Gasteiger charge is 2.21. The van der Waals surface area contributed by atoms with Crippen LogP contribution in [0.2, 0.25) is 0 Å². The molecule has 0 spiro atoms. The molecular formula is C21H20FN5O3S. The van der Waals surface area contributed by atoms with Crippen molar-refractivity contribution in [3.8, 4) is 22.2 Å². The summed E-state index contributed by atoms with van der Waals surface area (Å²) in [6, 6.07) is 5.77. The standard InChI is InChI=1S/C21H20FN5O3S/c1-4-26(5-2)15(28)10-27-11-23-20-16(21(27)29)12(3)17(31-20)19-24-18(25-30-19)13-6-8-14(22)9-7-13/h6-9,11H,4-5,10H2,1-3H3. The number of hydrogen-bond acceptors (Lipinski definition) is 7. The van der Waals surface area contributed by atoms with E-state index in [0.29, 0.717) is 45.1 Å². The van der Waals surface area contributed by atoms with E-state index in [1.807, 2.05) is 13.8 Å². The van der Waals surface area contributed by atoms with Crippen LogP contribution in [0.4, 0.5) is 4.39 Å². The molecule has 160 valence electrons. The van der Waals surface area contributed by atoms with Crippen molar-refractivity contribution in [2.45, 2.75) is 27.3 Å². The SMILES string of the molecule is CCN(CC)C(=O)Cn1cnc2sc(-c3nc(-c4ccc(F)cc4)no3)c(C)c2c1=O. The van der Waals surface area contributed by atoms with Crippen LogP contribution in [0.25, 0.3) is 32.4 Å². The lowest BCUT2D eigenvalue weighted by atomic mass is 10.2. The Labute approximate surface area is 181 Å². The Kier molecular flexibility index (Phi) is 5.64. The molecule has 1 amide bonds. The molecule has 0 atom stereocenters. The summed E-state index contributed by atoms with van der Waals surface area (Å²) in [7, 11) is 0. The highest BCUT2D eigenvalue weighted by Crippen LogP contribution is 2.35. The molecule has 0 unspecified atom stereocenters. The van der Waals surface area contributed by atoms with Gasteiger partial charge in [-0.2, -0.15) is 4.98 Å². The van der Waals surface area contributed by atoms with Gasteiger partial charge in [0.05, 0.1) is 16.6 Å². The zero-order chi connectivity index (χ0) is 22.1. The molecule has 0 aliphatic heterocycles. The van der Waals surface area contributed by atoms with Gasteiger partial charge in [0.15, 0.2) is 0 Å². The van der Waals surface area contributed by atoms with E-state index in [9.17, 15) is 14.0 Å². The smallest absolute Gasteiger partial charge is 0.268 e. The van der Waals surface area contributed by atoms with Crippen LogP contribution in [0.3, 0.4) is 0 Å². The van der Waals surface area contributed by atoms with Gasteiger partial charge in [0, 0.05) is 18.7 Å². The number of thiophene rings is 1. The highest BCUT2D eigenvalue weighted by molar-refractivity contribution is 7.22. The topological polar surface area (TPSA) is 94.1 Å². The molecule has 8 nitrogen and oxygen atoms in total. The number of aryl methyl sites for hydroxylation is 1. The quantitative estimate of drug-likeness (QED) is 0.455. The minimum absolute atomic E-state index is 0.0661. The molecule has 0 saturated carbocycles. The van der Waals surface area contributed by atoms with E-state index >= 15 is 0 Å². The molecule has 1 aromatic carbocycles. The Morgan fingerprint density at radius 1 is 1.23 bits per heavy atom. The largest absolute Gasteiger partial charge is 0.342 e. The number of carbonyl (C=O) groups excluding carboxylic acids is 1. The van der Waals surface area contributed by atoms with Gasteiger partial charge in [-0.3, -0.25) is 14.2 Å². The summed E-state index contributed by atoms with van der Waals surface area (Å²) in [5, 5.41) is 4.39. The first-order valence-electron chi connectivity index (χ1n) is 9.79. The van der Waals surface area contributed by atoms with E-state index in [1.165, 1.54) is 34.4 Å². The van der Waals surface area contributed by atoms with Gasteiger partial charge in [0.25, 0.3) is 11.4 Å². The van der Waals surface area contributed by atoms with E-state index < -0.39 is 0 Å². The molecule has 31 heavy (non-hydrogen) atoms. The molecular weight excluding hydrogens is 421 g/mol. The molecule has 0 radical (unpaired) electrons. The second-order valence-electron chi connectivity index (χ2n) is 6.91. The van der Waals surface area contributed by atoms with Gasteiger partial charge in [0.2, 0.25) is 11.7 Å². The third kappa shape index (κ3) is 3.86. The number of hydrogen-bond donors (Lipinski definition) is 0. The summed E-state index contributed by atoms with van der Waals surface area (Å²) >= 11 is 1.27. The van der Waals surface area contributed by atoms with Crippen LogP contribution in [0.1, 0.15) is 19.4 Å². The average molecular weight is 441 g/mol. The van der Waals surface area contributed by atoms with E-state index in [-0.39, 0.29) is 29.7 Å². The molecule has 3 aromatic heterocycles. The van der Waals surface area contributed by atoms with Crippen LogP contribution >= 0.6 is 11.3 Å². The summed E-state index contributed by atoms with van der Waals surface area (Å²) in [5.74, 6) is 0.0869. The Balaban J connectivity index is 1.70. The van der Waals surface area contributed by atoms with Gasteiger partial charge in [-0.15, -0.1) is 11.3 Å². The van der Waals surface area contributed by atoms with Crippen molar-refractivity contribution in [1.29, 1.82) is 0 Å². The van der Waals surface area contributed by atoms with Crippen LogP contribution in [0, 0.1) is 12.7 Å². The molecule has 4 rings (SSSR count). The van der Waals surface area contributed by atoms with Crippen molar-refractivity contribution in [1.82, 2.24) is 24.6 Å². The van der Waals surface area contributed by atoms with Crippen molar-refractivity contribution in [2.24, 2.45) is 0 Å². The number of likely N-dealkylation sites (N-methyl/N-ethyl adjacent to an activating group) is 1. The molecule has 3 heterocycles. The maximum atomic E-state index is 13.2. The predicted octanol–water partition coefficient (Wildman–Crippen LogP) is 3.49. The summed E-state index contributed by atoms with van der Waals surface area (Å²) < 4.78 is 19.9. The fourth-order valence-corrected chi connectivity index (χ4v) is 4.39.